The number of hydrogen-bond acceptors (Lipinski definition) is 3. The van der Waals surface area contributed by atoms with Crippen LogP contribution in [0.2, 0.25) is 0 Å². The van der Waals surface area contributed by atoms with E-state index >= 15 is 0 Å². The summed E-state index contributed by atoms with van der Waals surface area (Å²) in [5.41, 5.74) is -1.10. The van der Waals surface area contributed by atoms with Gasteiger partial charge in [0, 0.05) is 26.6 Å². The number of nitrogens with zero attached hydrogens (tertiary/aromatic N) is 2. The van der Waals surface area contributed by atoms with E-state index < -0.39 is 36.1 Å². The van der Waals surface area contributed by atoms with Crippen LogP contribution in [0.15, 0.2) is 0 Å². The Bertz CT molecular complexity index is 390. The van der Waals surface area contributed by atoms with Crippen molar-refractivity contribution in [2.75, 3.05) is 26.7 Å². The van der Waals surface area contributed by atoms with Gasteiger partial charge >= 0.3 is 6.18 Å². The van der Waals surface area contributed by atoms with E-state index in [1.165, 1.54) is 25.8 Å². The standard InChI is InChI=1S/C12H19F3N2O3/c1-11(2,20)6-16(3)10(19)8-4-9(18)17(5-8)7-12(13,14)15/h8,20H,4-7H2,1-3H3. The topological polar surface area (TPSA) is 60.9 Å². The molecule has 1 saturated heterocycles. The average molecular weight is 296 g/mol. The minimum atomic E-state index is -4.47. The van der Waals surface area contributed by atoms with Crippen molar-refractivity contribution >= 4 is 11.8 Å². The first-order chi connectivity index (χ1) is 8.89. The average Bonchev–Trinajstić information content (AvgIpc) is 2.54. The molecule has 1 atom stereocenters. The van der Waals surface area contributed by atoms with Crippen LogP contribution in [0.25, 0.3) is 0 Å². The molecule has 5 nitrogen and oxygen atoms in total. The summed E-state index contributed by atoms with van der Waals surface area (Å²) in [4.78, 5) is 25.4. The molecule has 0 bridgehead atoms. The minimum absolute atomic E-state index is 0.0514. The van der Waals surface area contributed by atoms with Crippen molar-refractivity contribution in [3.63, 3.8) is 0 Å². The van der Waals surface area contributed by atoms with Crippen LogP contribution in [0.1, 0.15) is 20.3 Å². The van der Waals surface area contributed by atoms with Gasteiger partial charge in [-0.3, -0.25) is 9.59 Å². The predicted octanol–water partition coefficient (Wildman–Crippen LogP) is 0.626. The summed E-state index contributed by atoms with van der Waals surface area (Å²) in [6.07, 6.45) is -4.68. The van der Waals surface area contributed by atoms with Crippen LogP contribution in [0.3, 0.4) is 0 Å². The van der Waals surface area contributed by atoms with Gasteiger partial charge in [-0.05, 0) is 13.8 Å². The number of rotatable bonds is 4. The molecule has 1 N–H and O–H groups in total. The monoisotopic (exact) mass is 296 g/mol. The van der Waals surface area contributed by atoms with E-state index in [4.69, 9.17) is 0 Å². The second kappa shape index (κ2) is 5.59. The Morgan fingerprint density at radius 2 is 2.00 bits per heavy atom. The molecule has 1 heterocycles. The molecular weight excluding hydrogens is 277 g/mol. The molecule has 116 valence electrons. The van der Waals surface area contributed by atoms with Crippen LogP contribution in [0.4, 0.5) is 13.2 Å². The van der Waals surface area contributed by atoms with Gasteiger partial charge in [0.25, 0.3) is 0 Å². The zero-order valence-electron chi connectivity index (χ0n) is 11.7. The Morgan fingerprint density at radius 3 is 2.45 bits per heavy atom. The number of amides is 2. The van der Waals surface area contributed by atoms with Gasteiger partial charge in [0.05, 0.1) is 11.5 Å². The van der Waals surface area contributed by atoms with E-state index in [1.807, 2.05) is 0 Å². The van der Waals surface area contributed by atoms with Crippen LogP contribution in [0, 0.1) is 5.92 Å². The summed E-state index contributed by atoms with van der Waals surface area (Å²) < 4.78 is 36.8. The second-order valence-corrected chi connectivity index (χ2v) is 5.80. The molecule has 0 aliphatic carbocycles. The first-order valence-electron chi connectivity index (χ1n) is 6.21. The van der Waals surface area contributed by atoms with Crippen LogP contribution >= 0.6 is 0 Å². The molecule has 0 aromatic carbocycles. The highest BCUT2D eigenvalue weighted by Crippen LogP contribution is 2.25. The number of likely N-dealkylation sites (N-methyl/N-ethyl adjacent to an activating group) is 1. The molecule has 20 heavy (non-hydrogen) atoms. The van der Waals surface area contributed by atoms with Crippen molar-refractivity contribution in [2.45, 2.75) is 32.0 Å². The van der Waals surface area contributed by atoms with Crippen molar-refractivity contribution in [3.8, 4) is 0 Å². The summed E-state index contributed by atoms with van der Waals surface area (Å²) in [6, 6.07) is 0. The summed E-state index contributed by atoms with van der Waals surface area (Å²) in [5, 5.41) is 9.62. The SMILES string of the molecule is CN(CC(C)(C)O)C(=O)C1CC(=O)N(CC(F)(F)F)C1. The number of carbonyl (C=O) groups is 2. The quantitative estimate of drug-likeness (QED) is 0.827. The summed E-state index contributed by atoms with van der Waals surface area (Å²) >= 11 is 0. The number of halogens is 3. The summed E-state index contributed by atoms with van der Waals surface area (Å²) in [7, 11) is 1.46. The fourth-order valence-electron chi connectivity index (χ4n) is 2.28. The maximum atomic E-state index is 12.3. The fourth-order valence-corrected chi connectivity index (χ4v) is 2.28. The molecule has 0 radical (unpaired) electrons. The first kappa shape index (κ1) is 16.7. The number of hydrogen-bond donors (Lipinski definition) is 1. The fraction of sp³-hybridized carbons (Fsp3) is 0.833. The molecule has 1 unspecified atom stereocenters. The van der Waals surface area contributed by atoms with E-state index in [9.17, 15) is 27.9 Å². The van der Waals surface area contributed by atoms with Crippen LogP contribution in [-0.2, 0) is 9.59 Å². The van der Waals surface area contributed by atoms with Crippen LogP contribution in [0.5, 0.6) is 0 Å². The van der Waals surface area contributed by atoms with E-state index in [0.717, 1.165) is 0 Å². The lowest BCUT2D eigenvalue weighted by atomic mass is 10.1. The number of carbonyl (C=O) groups excluding carboxylic acids is 2. The molecule has 0 aromatic heterocycles. The Hall–Kier alpha value is -1.31. The van der Waals surface area contributed by atoms with Crippen molar-refractivity contribution in [2.24, 2.45) is 5.92 Å². The summed E-state index contributed by atoms with van der Waals surface area (Å²) in [6.45, 7) is 1.53. The maximum absolute atomic E-state index is 12.3. The predicted molar refractivity (Wildman–Crippen MR) is 64.7 cm³/mol. The highest BCUT2D eigenvalue weighted by atomic mass is 19.4. The lowest BCUT2D eigenvalue weighted by molar-refractivity contribution is -0.157. The van der Waals surface area contributed by atoms with Gasteiger partial charge in [-0.15, -0.1) is 0 Å². The normalized spacial score (nSPS) is 20.4. The molecule has 2 amide bonds. The Labute approximate surface area is 115 Å². The van der Waals surface area contributed by atoms with E-state index in [-0.39, 0.29) is 19.5 Å². The Kier molecular flexibility index (Phi) is 4.68. The molecule has 1 fully saturated rings. The number of likely N-dealkylation sites (tertiary alicyclic amines) is 1. The van der Waals surface area contributed by atoms with Gasteiger partial charge in [-0.2, -0.15) is 13.2 Å². The van der Waals surface area contributed by atoms with Gasteiger partial charge in [-0.25, -0.2) is 0 Å². The molecular formula is C12H19F3N2O3. The van der Waals surface area contributed by atoms with E-state index in [1.54, 1.807) is 0 Å². The van der Waals surface area contributed by atoms with Crippen molar-refractivity contribution in [1.82, 2.24) is 9.80 Å². The molecule has 8 heteroatoms. The molecule has 1 rings (SSSR count). The highest BCUT2D eigenvalue weighted by Gasteiger charge is 2.41. The second-order valence-electron chi connectivity index (χ2n) is 5.80. The molecule has 1 aliphatic rings. The molecule has 0 saturated carbocycles. The highest BCUT2D eigenvalue weighted by molar-refractivity contribution is 5.89. The largest absolute Gasteiger partial charge is 0.406 e. The van der Waals surface area contributed by atoms with Crippen LogP contribution < -0.4 is 0 Å². The van der Waals surface area contributed by atoms with Gasteiger partial charge in [0.15, 0.2) is 0 Å². The smallest absolute Gasteiger partial charge is 0.389 e. The molecule has 0 aromatic rings. The van der Waals surface area contributed by atoms with Gasteiger partial charge in [0.1, 0.15) is 6.54 Å². The molecule has 1 aliphatic heterocycles. The first-order valence-corrected chi connectivity index (χ1v) is 6.21. The Balaban J connectivity index is 2.62. The maximum Gasteiger partial charge on any atom is 0.406 e. The van der Waals surface area contributed by atoms with Crippen molar-refractivity contribution in [3.05, 3.63) is 0 Å². The lowest BCUT2D eigenvalue weighted by Crippen LogP contribution is -2.43. The third-order valence-corrected chi connectivity index (χ3v) is 2.93. The van der Waals surface area contributed by atoms with Gasteiger partial charge < -0.3 is 14.9 Å². The zero-order valence-corrected chi connectivity index (χ0v) is 11.7. The van der Waals surface area contributed by atoms with Crippen molar-refractivity contribution < 1.29 is 27.9 Å². The number of alkyl halides is 3. The molecule has 0 spiro atoms. The lowest BCUT2D eigenvalue weighted by Gasteiger charge is -2.27. The Morgan fingerprint density at radius 1 is 1.45 bits per heavy atom. The third kappa shape index (κ3) is 4.99. The van der Waals surface area contributed by atoms with Crippen molar-refractivity contribution in [1.29, 1.82) is 0 Å². The number of aliphatic hydroxyl groups is 1. The van der Waals surface area contributed by atoms with Gasteiger partial charge in [-0.1, -0.05) is 0 Å². The minimum Gasteiger partial charge on any atom is -0.389 e. The summed E-state index contributed by atoms with van der Waals surface area (Å²) in [5.74, 6) is -1.88. The zero-order chi connectivity index (χ0) is 15.7. The van der Waals surface area contributed by atoms with Crippen LogP contribution in [-0.4, -0.2) is 65.2 Å². The third-order valence-electron chi connectivity index (χ3n) is 2.93. The van der Waals surface area contributed by atoms with E-state index in [0.29, 0.717) is 4.90 Å². The van der Waals surface area contributed by atoms with Gasteiger partial charge in [0.2, 0.25) is 11.8 Å². The van der Waals surface area contributed by atoms with E-state index in [2.05, 4.69) is 0 Å².